The molecule has 0 aromatic heterocycles. The number of carbonyl (C=O) groups is 1. The highest BCUT2D eigenvalue weighted by Crippen LogP contribution is 2.43. The van der Waals surface area contributed by atoms with Crippen LogP contribution in [0.1, 0.15) is 32.4 Å². The Bertz CT molecular complexity index is 730. The second-order valence-electron chi connectivity index (χ2n) is 6.40. The number of para-hydroxylation sites is 1. The fourth-order valence-electron chi connectivity index (χ4n) is 3.52. The molecule has 0 fully saturated rings. The third kappa shape index (κ3) is 2.84. The Morgan fingerprint density at radius 3 is 2.46 bits per heavy atom. The minimum absolute atomic E-state index is 0.0685. The van der Waals surface area contributed by atoms with Crippen molar-refractivity contribution in [2.75, 3.05) is 17.3 Å². The predicted octanol–water partition coefficient (Wildman–Crippen LogP) is 4.24. The number of carbonyl (C=O) groups excluding carboxylic acids is 1. The molecule has 126 valence electrons. The Morgan fingerprint density at radius 2 is 1.83 bits per heavy atom. The van der Waals surface area contributed by atoms with Gasteiger partial charge in [0.15, 0.2) is 0 Å². The maximum atomic E-state index is 12.2. The SMILES string of the molecule is COc1ccc2c(c1)C(Nc1ccccc1)[C@@H](C)[C@H](C)N2C(C)=O. The zero-order valence-electron chi connectivity index (χ0n) is 14.6. The average molecular weight is 324 g/mol. The van der Waals surface area contributed by atoms with Crippen LogP contribution >= 0.6 is 0 Å². The summed E-state index contributed by atoms with van der Waals surface area (Å²) < 4.78 is 5.41. The van der Waals surface area contributed by atoms with Crippen LogP contribution in [0.4, 0.5) is 11.4 Å². The highest BCUT2D eigenvalue weighted by molar-refractivity contribution is 5.94. The van der Waals surface area contributed by atoms with Crippen molar-refractivity contribution in [1.29, 1.82) is 0 Å². The summed E-state index contributed by atoms with van der Waals surface area (Å²) in [5, 5.41) is 3.63. The van der Waals surface area contributed by atoms with Crippen molar-refractivity contribution in [2.45, 2.75) is 32.9 Å². The van der Waals surface area contributed by atoms with Crippen molar-refractivity contribution in [3.8, 4) is 5.75 Å². The lowest BCUT2D eigenvalue weighted by Crippen LogP contribution is -2.48. The van der Waals surface area contributed by atoms with Gasteiger partial charge in [0.1, 0.15) is 5.75 Å². The summed E-state index contributed by atoms with van der Waals surface area (Å²) in [6, 6.07) is 16.3. The number of benzene rings is 2. The summed E-state index contributed by atoms with van der Waals surface area (Å²) in [6.45, 7) is 5.92. The van der Waals surface area contributed by atoms with E-state index in [0.717, 1.165) is 22.7 Å². The van der Waals surface area contributed by atoms with Gasteiger partial charge in [0.2, 0.25) is 5.91 Å². The fourth-order valence-corrected chi connectivity index (χ4v) is 3.52. The van der Waals surface area contributed by atoms with Crippen LogP contribution in [0.25, 0.3) is 0 Å². The second kappa shape index (κ2) is 6.56. The van der Waals surface area contributed by atoms with E-state index < -0.39 is 0 Å². The minimum Gasteiger partial charge on any atom is -0.497 e. The van der Waals surface area contributed by atoms with E-state index in [1.165, 1.54) is 0 Å². The highest BCUT2D eigenvalue weighted by atomic mass is 16.5. The Labute approximate surface area is 143 Å². The molecule has 4 nitrogen and oxygen atoms in total. The smallest absolute Gasteiger partial charge is 0.224 e. The molecule has 1 aliphatic heterocycles. The van der Waals surface area contributed by atoms with Crippen molar-refractivity contribution < 1.29 is 9.53 Å². The monoisotopic (exact) mass is 324 g/mol. The Kier molecular flexibility index (Phi) is 4.47. The molecule has 0 spiro atoms. The standard InChI is InChI=1S/C20H24N2O2/c1-13-14(2)22(15(3)23)19-11-10-17(24-4)12-18(19)20(13)21-16-8-6-5-7-9-16/h5-14,20-21H,1-4H3/t13-,14-,20?/m0/s1. The van der Waals surface area contributed by atoms with Gasteiger partial charge in [-0.2, -0.15) is 0 Å². The molecule has 0 saturated carbocycles. The molecule has 4 heteroatoms. The number of methoxy groups -OCH3 is 1. The van der Waals surface area contributed by atoms with Crippen LogP contribution in [0.3, 0.4) is 0 Å². The first-order chi connectivity index (χ1) is 11.5. The number of nitrogens with zero attached hydrogens (tertiary/aromatic N) is 1. The van der Waals surface area contributed by atoms with E-state index in [2.05, 4.69) is 31.3 Å². The topological polar surface area (TPSA) is 41.6 Å². The number of nitrogens with one attached hydrogen (secondary N) is 1. The number of hydrogen-bond acceptors (Lipinski definition) is 3. The Balaban J connectivity index is 2.08. The van der Waals surface area contributed by atoms with Crippen LogP contribution in [-0.2, 0) is 4.79 Å². The molecule has 3 atom stereocenters. The molecule has 2 aromatic carbocycles. The van der Waals surface area contributed by atoms with Crippen LogP contribution in [0, 0.1) is 5.92 Å². The molecule has 0 radical (unpaired) electrons. The summed E-state index contributed by atoms with van der Waals surface area (Å²) in [5.74, 6) is 1.13. The molecule has 24 heavy (non-hydrogen) atoms. The fraction of sp³-hybridized carbons (Fsp3) is 0.350. The number of anilines is 2. The summed E-state index contributed by atoms with van der Waals surface area (Å²) in [6.07, 6.45) is 0. The molecule has 1 aliphatic rings. The maximum absolute atomic E-state index is 12.2. The third-order valence-corrected chi connectivity index (χ3v) is 4.96. The van der Waals surface area contributed by atoms with Gasteiger partial charge in [-0.15, -0.1) is 0 Å². The number of hydrogen-bond donors (Lipinski definition) is 1. The average Bonchev–Trinajstić information content (AvgIpc) is 2.59. The Hall–Kier alpha value is -2.49. The van der Waals surface area contributed by atoms with E-state index in [-0.39, 0.29) is 23.9 Å². The van der Waals surface area contributed by atoms with E-state index >= 15 is 0 Å². The maximum Gasteiger partial charge on any atom is 0.224 e. The molecule has 1 N–H and O–H groups in total. The van der Waals surface area contributed by atoms with E-state index in [1.807, 2.05) is 41.3 Å². The minimum atomic E-state index is 0.0685. The highest BCUT2D eigenvalue weighted by Gasteiger charge is 2.38. The lowest BCUT2D eigenvalue weighted by molar-refractivity contribution is -0.117. The van der Waals surface area contributed by atoms with Gasteiger partial charge in [0.05, 0.1) is 13.2 Å². The van der Waals surface area contributed by atoms with E-state index in [1.54, 1.807) is 14.0 Å². The molecule has 0 aliphatic carbocycles. The first-order valence-corrected chi connectivity index (χ1v) is 8.32. The van der Waals surface area contributed by atoms with Crippen molar-refractivity contribution in [1.82, 2.24) is 0 Å². The molecule has 1 unspecified atom stereocenters. The molecule has 1 heterocycles. The zero-order chi connectivity index (χ0) is 17.3. The number of ether oxygens (including phenoxy) is 1. The van der Waals surface area contributed by atoms with E-state index in [0.29, 0.717) is 0 Å². The van der Waals surface area contributed by atoms with Crippen molar-refractivity contribution >= 4 is 17.3 Å². The molecule has 2 aromatic rings. The first kappa shape index (κ1) is 16.4. The lowest BCUT2D eigenvalue weighted by atomic mass is 9.82. The van der Waals surface area contributed by atoms with E-state index in [4.69, 9.17) is 4.74 Å². The van der Waals surface area contributed by atoms with Crippen molar-refractivity contribution in [3.05, 3.63) is 54.1 Å². The quantitative estimate of drug-likeness (QED) is 0.918. The number of rotatable bonds is 3. The van der Waals surface area contributed by atoms with Crippen molar-refractivity contribution in [2.24, 2.45) is 5.92 Å². The van der Waals surface area contributed by atoms with Gasteiger partial charge in [-0.3, -0.25) is 4.79 Å². The van der Waals surface area contributed by atoms with Gasteiger partial charge in [0, 0.05) is 35.8 Å². The zero-order valence-corrected chi connectivity index (χ0v) is 14.6. The lowest BCUT2D eigenvalue weighted by Gasteiger charge is -2.44. The largest absolute Gasteiger partial charge is 0.497 e. The summed E-state index contributed by atoms with van der Waals surface area (Å²) >= 11 is 0. The Morgan fingerprint density at radius 1 is 1.12 bits per heavy atom. The summed E-state index contributed by atoms with van der Waals surface area (Å²) in [5.41, 5.74) is 3.13. The van der Waals surface area contributed by atoms with E-state index in [9.17, 15) is 4.79 Å². The van der Waals surface area contributed by atoms with Crippen LogP contribution in [0.5, 0.6) is 5.75 Å². The summed E-state index contributed by atoms with van der Waals surface area (Å²) in [7, 11) is 1.67. The number of amides is 1. The first-order valence-electron chi connectivity index (χ1n) is 8.32. The van der Waals surface area contributed by atoms with Gasteiger partial charge in [-0.25, -0.2) is 0 Å². The molecular weight excluding hydrogens is 300 g/mol. The van der Waals surface area contributed by atoms with Crippen molar-refractivity contribution in [3.63, 3.8) is 0 Å². The van der Waals surface area contributed by atoms with Crippen LogP contribution in [0.2, 0.25) is 0 Å². The van der Waals surface area contributed by atoms with Crippen LogP contribution in [0.15, 0.2) is 48.5 Å². The second-order valence-corrected chi connectivity index (χ2v) is 6.40. The normalized spacial score (nSPS) is 22.7. The van der Waals surface area contributed by atoms with Gasteiger partial charge in [-0.1, -0.05) is 25.1 Å². The van der Waals surface area contributed by atoms with Crippen LogP contribution in [-0.4, -0.2) is 19.1 Å². The van der Waals surface area contributed by atoms with Gasteiger partial charge in [-0.05, 0) is 37.3 Å². The molecule has 3 rings (SSSR count). The van der Waals surface area contributed by atoms with Gasteiger partial charge >= 0.3 is 0 Å². The molecule has 0 bridgehead atoms. The predicted molar refractivity (Wildman–Crippen MR) is 97.6 cm³/mol. The summed E-state index contributed by atoms with van der Waals surface area (Å²) in [4.78, 5) is 14.1. The molecule has 1 amide bonds. The molecule has 0 saturated heterocycles. The molecular formula is C20H24N2O2. The van der Waals surface area contributed by atoms with Crippen LogP contribution < -0.4 is 15.0 Å². The van der Waals surface area contributed by atoms with Gasteiger partial charge < -0.3 is 15.0 Å². The van der Waals surface area contributed by atoms with Gasteiger partial charge in [0.25, 0.3) is 0 Å². The number of fused-ring (bicyclic) bond motifs is 1. The third-order valence-electron chi connectivity index (χ3n) is 4.96.